The van der Waals surface area contributed by atoms with E-state index in [9.17, 15) is 8.42 Å². The third-order valence-corrected chi connectivity index (χ3v) is 5.51. The molecule has 0 spiro atoms. The molecule has 5 nitrogen and oxygen atoms in total. The van der Waals surface area contributed by atoms with E-state index in [1.165, 1.54) is 12.8 Å². The standard InChI is InChI=1S/C12H24N2O3S/c1-9-7-12(5-6-17-9)14-18(15,16)10(2)8-13-11-3-4-11/h9-14H,3-8H2,1-2H3. The van der Waals surface area contributed by atoms with Gasteiger partial charge >= 0.3 is 0 Å². The molecule has 0 aromatic carbocycles. The maximum Gasteiger partial charge on any atom is 0.215 e. The highest BCUT2D eigenvalue weighted by atomic mass is 32.2. The fraction of sp³-hybridized carbons (Fsp3) is 1.00. The van der Waals surface area contributed by atoms with E-state index in [0.717, 1.165) is 12.8 Å². The van der Waals surface area contributed by atoms with Crippen molar-refractivity contribution in [2.75, 3.05) is 13.2 Å². The topological polar surface area (TPSA) is 67.4 Å². The van der Waals surface area contributed by atoms with E-state index in [2.05, 4.69) is 10.0 Å². The van der Waals surface area contributed by atoms with Gasteiger partial charge < -0.3 is 10.1 Å². The summed E-state index contributed by atoms with van der Waals surface area (Å²) in [6, 6.07) is 0.577. The molecule has 2 N–H and O–H groups in total. The molecule has 3 atom stereocenters. The molecule has 1 saturated carbocycles. The molecule has 106 valence electrons. The minimum atomic E-state index is -3.22. The van der Waals surface area contributed by atoms with Crippen molar-refractivity contribution < 1.29 is 13.2 Å². The number of ether oxygens (including phenoxy) is 1. The summed E-state index contributed by atoms with van der Waals surface area (Å²) < 4.78 is 32.5. The average molecular weight is 276 g/mol. The zero-order chi connectivity index (χ0) is 13.2. The van der Waals surface area contributed by atoms with E-state index in [-0.39, 0.29) is 17.4 Å². The quantitative estimate of drug-likeness (QED) is 0.746. The van der Waals surface area contributed by atoms with Crippen LogP contribution in [0.25, 0.3) is 0 Å². The van der Waals surface area contributed by atoms with Gasteiger partial charge in [-0.2, -0.15) is 0 Å². The van der Waals surface area contributed by atoms with Crippen LogP contribution < -0.4 is 10.0 Å². The Kier molecular flexibility index (Phi) is 4.64. The summed E-state index contributed by atoms with van der Waals surface area (Å²) in [5.41, 5.74) is 0. The monoisotopic (exact) mass is 276 g/mol. The molecule has 0 bridgehead atoms. The summed E-state index contributed by atoms with van der Waals surface area (Å²) in [6.45, 7) is 4.93. The molecule has 0 amide bonds. The largest absolute Gasteiger partial charge is 0.378 e. The molecule has 3 unspecified atom stereocenters. The van der Waals surface area contributed by atoms with Crippen molar-refractivity contribution in [1.82, 2.24) is 10.0 Å². The van der Waals surface area contributed by atoms with Gasteiger partial charge in [-0.3, -0.25) is 0 Å². The van der Waals surface area contributed by atoms with Gasteiger partial charge in [-0.1, -0.05) is 0 Å². The second-order valence-electron chi connectivity index (χ2n) is 5.56. The van der Waals surface area contributed by atoms with Crippen molar-refractivity contribution in [3.63, 3.8) is 0 Å². The number of hydrogen-bond acceptors (Lipinski definition) is 4. The van der Waals surface area contributed by atoms with Crippen LogP contribution in [0, 0.1) is 0 Å². The predicted molar refractivity (Wildman–Crippen MR) is 71.0 cm³/mol. The van der Waals surface area contributed by atoms with Gasteiger partial charge in [0.2, 0.25) is 10.0 Å². The van der Waals surface area contributed by atoms with Crippen molar-refractivity contribution in [2.24, 2.45) is 0 Å². The van der Waals surface area contributed by atoms with E-state index in [0.29, 0.717) is 19.2 Å². The third-order valence-electron chi connectivity index (χ3n) is 3.62. The third kappa shape index (κ3) is 4.19. The lowest BCUT2D eigenvalue weighted by molar-refractivity contribution is 0.0173. The molecular formula is C12H24N2O3S. The van der Waals surface area contributed by atoms with Crippen molar-refractivity contribution in [3.8, 4) is 0 Å². The van der Waals surface area contributed by atoms with Crippen molar-refractivity contribution in [2.45, 2.75) is 63.0 Å². The molecule has 1 aliphatic carbocycles. The van der Waals surface area contributed by atoms with Crippen LogP contribution in [0.2, 0.25) is 0 Å². The Labute approximate surface area is 110 Å². The first-order valence-corrected chi connectivity index (χ1v) is 8.38. The summed E-state index contributed by atoms with van der Waals surface area (Å²) in [7, 11) is -3.22. The zero-order valence-corrected chi connectivity index (χ0v) is 12.0. The van der Waals surface area contributed by atoms with Gasteiger partial charge in [0.05, 0.1) is 11.4 Å². The Hall–Kier alpha value is -0.170. The van der Waals surface area contributed by atoms with E-state index >= 15 is 0 Å². The Morgan fingerprint density at radius 3 is 2.61 bits per heavy atom. The minimum absolute atomic E-state index is 0.0297. The molecule has 2 aliphatic rings. The lowest BCUT2D eigenvalue weighted by Crippen LogP contribution is -2.46. The SMILES string of the molecule is CC1CC(NS(=O)(=O)C(C)CNC2CC2)CCO1. The van der Waals surface area contributed by atoms with Gasteiger partial charge in [0.15, 0.2) is 0 Å². The summed E-state index contributed by atoms with van der Waals surface area (Å²) >= 11 is 0. The lowest BCUT2D eigenvalue weighted by Gasteiger charge is -2.28. The van der Waals surface area contributed by atoms with Crippen molar-refractivity contribution in [3.05, 3.63) is 0 Å². The number of sulfonamides is 1. The maximum atomic E-state index is 12.1. The number of nitrogens with one attached hydrogen (secondary N) is 2. The highest BCUT2D eigenvalue weighted by Gasteiger charge is 2.29. The predicted octanol–water partition coefficient (Wildman–Crippen LogP) is 0.614. The fourth-order valence-corrected chi connectivity index (χ4v) is 3.41. The number of rotatable bonds is 6. The summed E-state index contributed by atoms with van der Waals surface area (Å²) in [5, 5.41) is 2.89. The van der Waals surface area contributed by atoms with Crippen molar-refractivity contribution in [1.29, 1.82) is 0 Å². The second kappa shape index (κ2) is 5.86. The molecule has 0 aromatic heterocycles. The van der Waals surface area contributed by atoms with Crippen molar-refractivity contribution >= 4 is 10.0 Å². The van der Waals surface area contributed by atoms with Gasteiger partial charge in [-0.05, 0) is 39.5 Å². The van der Waals surface area contributed by atoms with Crippen LogP contribution in [0.3, 0.4) is 0 Å². The van der Waals surface area contributed by atoms with Crippen LogP contribution in [0.5, 0.6) is 0 Å². The summed E-state index contributed by atoms with van der Waals surface area (Å²) in [6.07, 6.45) is 4.04. The minimum Gasteiger partial charge on any atom is -0.378 e. The van der Waals surface area contributed by atoms with Crippen LogP contribution in [-0.2, 0) is 14.8 Å². The first-order chi connectivity index (χ1) is 8.47. The maximum absolute atomic E-state index is 12.1. The molecule has 0 aromatic rings. The van der Waals surface area contributed by atoms with Gasteiger partial charge in [-0.15, -0.1) is 0 Å². The molecule has 0 radical (unpaired) electrons. The molecule has 1 saturated heterocycles. The highest BCUT2D eigenvalue weighted by molar-refractivity contribution is 7.90. The average Bonchev–Trinajstić information content (AvgIpc) is 3.08. The molecular weight excluding hydrogens is 252 g/mol. The molecule has 2 fully saturated rings. The lowest BCUT2D eigenvalue weighted by atomic mass is 10.1. The van der Waals surface area contributed by atoms with E-state index in [1.54, 1.807) is 6.92 Å². The van der Waals surface area contributed by atoms with Gasteiger partial charge in [-0.25, -0.2) is 13.1 Å². The Balaban J connectivity index is 1.80. The van der Waals surface area contributed by atoms with Crippen LogP contribution in [0.4, 0.5) is 0 Å². The first-order valence-electron chi connectivity index (χ1n) is 6.83. The molecule has 1 aliphatic heterocycles. The molecule has 6 heteroatoms. The smallest absolute Gasteiger partial charge is 0.215 e. The Morgan fingerprint density at radius 2 is 2.00 bits per heavy atom. The van der Waals surface area contributed by atoms with Gasteiger partial charge in [0, 0.05) is 25.2 Å². The first kappa shape index (κ1) is 14.2. The highest BCUT2D eigenvalue weighted by Crippen LogP contribution is 2.19. The Morgan fingerprint density at radius 1 is 1.28 bits per heavy atom. The van der Waals surface area contributed by atoms with E-state index in [4.69, 9.17) is 4.74 Å². The fourth-order valence-electron chi connectivity index (χ4n) is 2.18. The zero-order valence-electron chi connectivity index (χ0n) is 11.2. The van der Waals surface area contributed by atoms with Gasteiger partial charge in [0.25, 0.3) is 0 Å². The van der Waals surface area contributed by atoms with Crippen LogP contribution in [-0.4, -0.2) is 45.0 Å². The second-order valence-corrected chi connectivity index (χ2v) is 7.69. The van der Waals surface area contributed by atoms with Gasteiger partial charge in [0.1, 0.15) is 0 Å². The Bertz CT molecular complexity index is 368. The normalized spacial score (nSPS) is 31.2. The van der Waals surface area contributed by atoms with E-state index < -0.39 is 10.0 Å². The van der Waals surface area contributed by atoms with Crippen LogP contribution in [0.15, 0.2) is 0 Å². The van der Waals surface area contributed by atoms with Crippen LogP contribution >= 0.6 is 0 Å². The van der Waals surface area contributed by atoms with Crippen LogP contribution in [0.1, 0.15) is 39.5 Å². The molecule has 18 heavy (non-hydrogen) atoms. The molecule has 1 heterocycles. The summed E-state index contributed by atoms with van der Waals surface area (Å²) in [4.78, 5) is 0. The van der Waals surface area contributed by atoms with E-state index in [1.807, 2.05) is 6.92 Å². The summed E-state index contributed by atoms with van der Waals surface area (Å²) in [5.74, 6) is 0. The number of hydrogen-bond donors (Lipinski definition) is 2. The molecule has 2 rings (SSSR count).